The maximum absolute atomic E-state index is 12.5. The number of benzene rings is 2. The molecular formula is C18H18Cl2N2O3S. The third-order valence-electron chi connectivity index (χ3n) is 4.37. The van der Waals surface area contributed by atoms with E-state index in [9.17, 15) is 13.2 Å². The van der Waals surface area contributed by atoms with Crippen molar-refractivity contribution in [3.63, 3.8) is 0 Å². The quantitative estimate of drug-likeness (QED) is 0.826. The second-order valence-corrected chi connectivity index (χ2v) is 9.15. The van der Waals surface area contributed by atoms with Gasteiger partial charge in [-0.2, -0.15) is 4.31 Å². The van der Waals surface area contributed by atoms with E-state index in [1.807, 2.05) is 12.1 Å². The SMILES string of the molecule is CCS(=O)(=O)N1CCc2ccc(NC(=O)c3cc(Cl)ccc3Cl)cc2C1. The Hall–Kier alpha value is -1.60. The summed E-state index contributed by atoms with van der Waals surface area (Å²) in [5, 5.41) is 3.53. The summed E-state index contributed by atoms with van der Waals surface area (Å²) >= 11 is 12.0. The molecule has 0 unspecified atom stereocenters. The molecule has 0 saturated heterocycles. The smallest absolute Gasteiger partial charge is 0.257 e. The minimum absolute atomic E-state index is 0.0754. The fraction of sp³-hybridized carbons (Fsp3) is 0.278. The molecule has 1 heterocycles. The Labute approximate surface area is 163 Å². The maximum Gasteiger partial charge on any atom is 0.257 e. The van der Waals surface area contributed by atoms with Crippen LogP contribution in [0, 0.1) is 0 Å². The van der Waals surface area contributed by atoms with Crippen LogP contribution in [0.5, 0.6) is 0 Å². The molecule has 8 heteroatoms. The molecule has 138 valence electrons. The predicted molar refractivity (Wildman–Crippen MR) is 104 cm³/mol. The van der Waals surface area contributed by atoms with Crippen LogP contribution in [0.25, 0.3) is 0 Å². The Morgan fingerprint density at radius 3 is 2.65 bits per heavy atom. The summed E-state index contributed by atoms with van der Waals surface area (Å²) < 4.78 is 25.7. The summed E-state index contributed by atoms with van der Waals surface area (Å²) in [6.45, 7) is 2.43. The molecule has 0 saturated carbocycles. The van der Waals surface area contributed by atoms with Crippen LogP contribution < -0.4 is 5.32 Å². The topological polar surface area (TPSA) is 66.5 Å². The van der Waals surface area contributed by atoms with E-state index >= 15 is 0 Å². The molecule has 0 bridgehead atoms. The molecule has 0 aliphatic carbocycles. The van der Waals surface area contributed by atoms with Gasteiger partial charge in [-0.15, -0.1) is 0 Å². The van der Waals surface area contributed by atoms with Crippen LogP contribution in [0.15, 0.2) is 36.4 Å². The number of nitrogens with one attached hydrogen (secondary N) is 1. The fourth-order valence-corrected chi connectivity index (χ4v) is 4.34. The molecule has 0 spiro atoms. The van der Waals surface area contributed by atoms with Gasteiger partial charge in [0, 0.05) is 23.8 Å². The lowest BCUT2D eigenvalue weighted by Crippen LogP contribution is -2.36. The molecule has 0 radical (unpaired) electrons. The second-order valence-electron chi connectivity index (χ2n) is 6.05. The van der Waals surface area contributed by atoms with Gasteiger partial charge in [0.25, 0.3) is 5.91 Å². The zero-order chi connectivity index (χ0) is 18.9. The molecule has 3 rings (SSSR count). The average Bonchev–Trinajstić information content (AvgIpc) is 2.63. The number of carbonyl (C=O) groups is 1. The van der Waals surface area contributed by atoms with Crippen molar-refractivity contribution in [3.05, 3.63) is 63.1 Å². The molecule has 1 N–H and O–H groups in total. The molecule has 26 heavy (non-hydrogen) atoms. The second kappa shape index (κ2) is 7.56. The van der Waals surface area contributed by atoms with Crippen LogP contribution in [-0.4, -0.2) is 30.9 Å². The Kier molecular flexibility index (Phi) is 5.58. The minimum Gasteiger partial charge on any atom is -0.322 e. The van der Waals surface area contributed by atoms with Gasteiger partial charge in [-0.1, -0.05) is 29.3 Å². The van der Waals surface area contributed by atoms with Gasteiger partial charge in [0.15, 0.2) is 0 Å². The van der Waals surface area contributed by atoms with Crippen LogP contribution in [0.4, 0.5) is 5.69 Å². The van der Waals surface area contributed by atoms with Crippen LogP contribution in [-0.2, 0) is 23.0 Å². The van der Waals surface area contributed by atoms with E-state index < -0.39 is 10.0 Å². The molecule has 0 fully saturated rings. The summed E-state index contributed by atoms with van der Waals surface area (Å²) in [5.41, 5.74) is 2.85. The number of anilines is 1. The Bertz CT molecular complexity index is 961. The standard InChI is InChI=1S/C18H18Cl2N2O3S/c1-2-26(24,25)22-8-7-12-3-5-15(9-13(12)11-22)21-18(23)16-10-14(19)4-6-17(16)20/h3-6,9-10H,2,7-8,11H2,1H3,(H,21,23). The highest BCUT2D eigenvalue weighted by atomic mass is 35.5. The molecule has 2 aromatic rings. The number of rotatable bonds is 4. The summed E-state index contributed by atoms with van der Waals surface area (Å²) in [6, 6.07) is 10.2. The summed E-state index contributed by atoms with van der Waals surface area (Å²) in [5.74, 6) is -0.294. The van der Waals surface area contributed by atoms with Crippen LogP contribution in [0.2, 0.25) is 10.0 Å². The van der Waals surface area contributed by atoms with Gasteiger partial charge < -0.3 is 5.32 Å². The monoisotopic (exact) mass is 412 g/mol. The van der Waals surface area contributed by atoms with Gasteiger partial charge in [-0.25, -0.2) is 8.42 Å². The van der Waals surface area contributed by atoms with Crippen LogP contribution in [0.3, 0.4) is 0 Å². The molecule has 5 nitrogen and oxygen atoms in total. The summed E-state index contributed by atoms with van der Waals surface area (Å²) in [7, 11) is -3.24. The first-order valence-electron chi connectivity index (χ1n) is 8.16. The van der Waals surface area contributed by atoms with E-state index in [4.69, 9.17) is 23.2 Å². The van der Waals surface area contributed by atoms with Crippen molar-refractivity contribution in [1.82, 2.24) is 4.31 Å². The van der Waals surface area contributed by atoms with Crippen LogP contribution in [0.1, 0.15) is 28.4 Å². The first-order valence-corrected chi connectivity index (χ1v) is 10.5. The third-order valence-corrected chi connectivity index (χ3v) is 6.77. The zero-order valence-corrected chi connectivity index (χ0v) is 16.5. The van der Waals surface area contributed by atoms with E-state index in [1.54, 1.807) is 25.1 Å². The number of nitrogens with zero attached hydrogens (tertiary/aromatic N) is 1. The number of fused-ring (bicyclic) bond motifs is 1. The Morgan fingerprint density at radius 1 is 1.15 bits per heavy atom. The number of sulfonamides is 1. The average molecular weight is 413 g/mol. The molecule has 0 aromatic heterocycles. The Morgan fingerprint density at radius 2 is 1.92 bits per heavy atom. The normalized spacial score (nSPS) is 14.7. The van der Waals surface area contributed by atoms with Crippen molar-refractivity contribution in [2.45, 2.75) is 19.9 Å². The van der Waals surface area contributed by atoms with E-state index in [-0.39, 0.29) is 17.2 Å². The van der Waals surface area contributed by atoms with Gasteiger partial charge in [-0.3, -0.25) is 4.79 Å². The van der Waals surface area contributed by atoms with Crippen molar-refractivity contribution >= 4 is 44.8 Å². The zero-order valence-electron chi connectivity index (χ0n) is 14.1. The molecule has 1 aliphatic rings. The molecule has 1 amide bonds. The van der Waals surface area contributed by atoms with E-state index in [0.29, 0.717) is 35.2 Å². The molecule has 0 atom stereocenters. The fourth-order valence-electron chi connectivity index (χ4n) is 2.90. The molecule has 1 aliphatic heterocycles. The van der Waals surface area contributed by atoms with Gasteiger partial charge in [0.2, 0.25) is 10.0 Å². The number of hydrogen-bond donors (Lipinski definition) is 1. The first-order chi connectivity index (χ1) is 12.3. The van der Waals surface area contributed by atoms with Crippen molar-refractivity contribution in [1.29, 1.82) is 0 Å². The van der Waals surface area contributed by atoms with Crippen molar-refractivity contribution in [2.75, 3.05) is 17.6 Å². The summed E-state index contributed by atoms with van der Waals surface area (Å²) in [6.07, 6.45) is 0.656. The van der Waals surface area contributed by atoms with E-state index in [0.717, 1.165) is 11.1 Å². The van der Waals surface area contributed by atoms with Gasteiger partial charge >= 0.3 is 0 Å². The predicted octanol–water partition coefficient (Wildman–Crippen LogP) is 3.95. The highest BCUT2D eigenvalue weighted by Gasteiger charge is 2.25. The maximum atomic E-state index is 12.5. The number of amides is 1. The number of halogens is 2. The van der Waals surface area contributed by atoms with Crippen molar-refractivity contribution in [3.8, 4) is 0 Å². The minimum atomic E-state index is -3.24. The van der Waals surface area contributed by atoms with E-state index in [1.165, 1.54) is 10.4 Å². The largest absolute Gasteiger partial charge is 0.322 e. The molecular weight excluding hydrogens is 395 g/mol. The van der Waals surface area contributed by atoms with Crippen LogP contribution >= 0.6 is 23.2 Å². The highest BCUT2D eigenvalue weighted by Crippen LogP contribution is 2.26. The third kappa shape index (κ3) is 4.04. The lowest BCUT2D eigenvalue weighted by molar-refractivity contribution is 0.102. The van der Waals surface area contributed by atoms with Crippen molar-refractivity contribution in [2.24, 2.45) is 0 Å². The van der Waals surface area contributed by atoms with Crippen molar-refractivity contribution < 1.29 is 13.2 Å². The lowest BCUT2D eigenvalue weighted by Gasteiger charge is -2.28. The molecule has 2 aromatic carbocycles. The van der Waals surface area contributed by atoms with Gasteiger partial charge in [-0.05, 0) is 54.8 Å². The number of hydrogen-bond acceptors (Lipinski definition) is 3. The summed E-state index contributed by atoms with van der Waals surface area (Å²) in [4.78, 5) is 12.5. The van der Waals surface area contributed by atoms with Gasteiger partial charge in [0.1, 0.15) is 0 Å². The lowest BCUT2D eigenvalue weighted by atomic mass is 10.0. The number of carbonyl (C=O) groups excluding carboxylic acids is 1. The van der Waals surface area contributed by atoms with E-state index in [2.05, 4.69) is 5.32 Å². The highest BCUT2D eigenvalue weighted by molar-refractivity contribution is 7.89. The first kappa shape index (κ1) is 19.2. The Balaban J connectivity index is 1.82. The van der Waals surface area contributed by atoms with Gasteiger partial charge in [0.05, 0.1) is 16.3 Å².